The molecule has 0 unspecified atom stereocenters. The number of rotatable bonds is 11. The van der Waals surface area contributed by atoms with Gasteiger partial charge in [0.25, 0.3) is 11.1 Å². The molecule has 0 spiro atoms. The number of aromatic nitrogens is 2. The smallest absolute Gasteiger partial charge is 0.277 e. The molecule has 0 radical (unpaired) electrons. The number of nitrogens with zero attached hydrogens (tertiary/aromatic N) is 2. The SMILES string of the molecule is CCOc1ccccc1NC(=O)CSc1nnc(CNC(=O)c2ccc(OC)c(OC)c2)o1. The van der Waals surface area contributed by atoms with Gasteiger partial charge >= 0.3 is 0 Å². The first kappa shape index (κ1) is 23.9. The summed E-state index contributed by atoms with van der Waals surface area (Å²) < 4.78 is 21.4. The third kappa shape index (κ3) is 6.62. The molecule has 10 nitrogen and oxygen atoms in total. The third-order valence-electron chi connectivity index (χ3n) is 4.28. The second-order valence-electron chi connectivity index (χ2n) is 6.48. The number of carbonyl (C=O) groups is 2. The van der Waals surface area contributed by atoms with Gasteiger partial charge in [0.15, 0.2) is 11.5 Å². The standard InChI is InChI=1S/C22H24N4O6S/c1-4-31-16-8-6-5-7-15(16)24-19(27)13-33-22-26-25-20(32-22)12-23-21(28)14-9-10-17(29-2)18(11-14)30-3/h5-11H,4,12-13H2,1-3H3,(H,23,28)(H,24,27). The van der Waals surface area contributed by atoms with Crippen LogP contribution in [-0.4, -0.2) is 48.6 Å². The number of para-hydroxylation sites is 2. The molecule has 0 aliphatic carbocycles. The van der Waals surface area contributed by atoms with Crippen molar-refractivity contribution < 1.29 is 28.2 Å². The van der Waals surface area contributed by atoms with Crippen LogP contribution in [0.25, 0.3) is 0 Å². The van der Waals surface area contributed by atoms with Gasteiger partial charge in [-0.25, -0.2) is 0 Å². The fourth-order valence-corrected chi connectivity index (χ4v) is 3.35. The molecule has 174 valence electrons. The van der Waals surface area contributed by atoms with Crippen molar-refractivity contribution in [3.05, 3.63) is 53.9 Å². The molecule has 1 heterocycles. The fraction of sp³-hybridized carbons (Fsp3) is 0.273. The summed E-state index contributed by atoms with van der Waals surface area (Å²) in [6.45, 7) is 2.40. The maximum absolute atomic E-state index is 12.4. The van der Waals surface area contributed by atoms with E-state index in [1.165, 1.54) is 14.2 Å². The molecule has 3 aromatic rings. The zero-order valence-corrected chi connectivity index (χ0v) is 19.2. The van der Waals surface area contributed by atoms with Crippen LogP contribution in [0.15, 0.2) is 52.1 Å². The van der Waals surface area contributed by atoms with Gasteiger partial charge in [-0.1, -0.05) is 23.9 Å². The molecule has 0 aliphatic rings. The van der Waals surface area contributed by atoms with E-state index in [4.69, 9.17) is 18.6 Å². The number of anilines is 1. The largest absolute Gasteiger partial charge is 0.493 e. The highest BCUT2D eigenvalue weighted by Gasteiger charge is 2.14. The maximum atomic E-state index is 12.4. The molecule has 0 saturated carbocycles. The summed E-state index contributed by atoms with van der Waals surface area (Å²) in [5, 5.41) is 13.5. The number of thioether (sulfide) groups is 1. The molecule has 0 saturated heterocycles. The van der Waals surface area contributed by atoms with E-state index in [0.29, 0.717) is 35.1 Å². The Bertz CT molecular complexity index is 1100. The van der Waals surface area contributed by atoms with Gasteiger partial charge < -0.3 is 29.3 Å². The van der Waals surface area contributed by atoms with Gasteiger partial charge in [-0.15, -0.1) is 10.2 Å². The predicted molar refractivity (Wildman–Crippen MR) is 122 cm³/mol. The van der Waals surface area contributed by atoms with Crippen LogP contribution in [0.3, 0.4) is 0 Å². The Morgan fingerprint density at radius 3 is 2.58 bits per heavy atom. The summed E-state index contributed by atoms with van der Waals surface area (Å²) >= 11 is 1.09. The average molecular weight is 473 g/mol. The Morgan fingerprint density at radius 1 is 1.03 bits per heavy atom. The van der Waals surface area contributed by atoms with Crippen LogP contribution in [0.2, 0.25) is 0 Å². The fourth-order valence-electron chi connectivity index (χ4n) is 2.77. The van der Waals surface area contributed by atoms with E-state index in [-0.39, 0.29) is 35.2 Å². The summed E-state index contributed by atoms with van der Waals surface area (Å²) in [7, 11) is 3.02. The lowest BCUT2D eigenvalue weighted by molar-refractivity contribution is -0.113. The molecule has 33 heavy (non-hydrogen) atoms. The second kappa shape index (κ2) is 11.8. The van der Waals surface area contributed by atoms with Gasteiger partial charge in [-0.2, -0.15) is 0 Å². The zero-order valence-electron chi connectivity index (χ0n) is 18.4. The minimum Gasteiger partial charge on any atom is -0.493 e. The molecular weight excluding hydrogens is 448 g/mol. The van der Waals surface area contributed by atoms with Crippen molar-refractivity contribution in [2.45, 2.75) is 18.7 Å². The van der Waals surface area contributed by atoms with E-state index >= 15 is 0 Å². The summed E-state index contributed by atoms with van der Waals surface area (Å²) in [5.41, 5.74) is 0.986. The minimum absolute atomic E-state index is 0.0364. The summed E-state index contributed by atoms with van der Waals surface area (Å²) in [5.74, 6) is 1.28. The topological polar surface area (TPSA) is 125 Å². The van der Waals surface area contributed by atoms with Gasteiger partial charge in [0.05, 0.1) is 38.8 Å². The van der Waals surface area contributed by atoms with Crippen LogP contribution in [0, 0.1) is 0 Å². The number of carbonyl (C=O) groups excluding carboxylic acids is 2. The Labute approximate surface area is 195 Å². The van der Waals surface area contributed by atoms with E-state index in [9.17, 15) is 9.59 Å². The third-order valence-corrected chi connectivity index (χ3v) is 5.10. The molecule has 0 fully saturated rings. The Balaban J connectivity index is 1.49. The molecular formula is C22H24N4O6S. The highest BCUT2D eigenvalue weighted by Crippen LogP contribution is 2.27. The first-order valence-electron chi connectivity index (χ1n) is 10.0. The summed E-state index contributed by atoms with van der Waals surface area (Å²) in [6, 6.07) is 12.0. The quantitative estimate of drug-likeness (QED) is 0.405. The molecule has 3 rings (SSSR count). The van der Waals surface area contributed by atoms with Crippen LogP contribution in [0.4, 0.5) is 5.69 Å². The highest BCUT2D eigenvalue weighted by molar-refractivity contribution is 7.99. The first-order valence-corrected chi connectivity index (χ1v) is 11.0. The second-order valence-corrected chi connectivity index (χ2v) is 7.41. The van der Waals surface area contributed by atoms with Crippen LogP contribution in [-0.2, 0) is 11.3 Å². The van der Waals surface area contributed by atoms with Crippen molar-refractivity contribution in [2.75, 3.05) is 31.9 Å². The normalized spacial score (nSPS) is 10.4. The van der Waals surface area contributed by atoms with Crippen molar-refractivity contribution in [1.82, 2.24) is 15.5 Å². The molecule has 0 aliphatic heterocycles. The molecule has 2 amide bonds. The average Bonchev–Trinajstić information content (AvgIpc) is 3.30. The lowest BCUT2D eigenvalue weighted by Crippen LogP contribution is -2.23. The van der Waals surface area contributed by atoms with Crippen LogP contribution in [0.5, 0.6) is 17.2 Å². The van der Waals surface area contributed by atoms with E-state index in [1.807, 2.05) is 19.1 Å². The van der Waals surface area contributed by atoms with Crippen molar-refractivity contribution >= 4 is 29.3 Å². The monoisotopic (exact) mass is 472 g/mol. The Morgan fingerprint density at radius 2 is 1.82 bits per heavy atom. The van der Waals surface area contributed by atoms with E-state index < -0.39 is 0 Å². The Hall–Kier alpha value is -3.73. The number of ether oxygens (including phenoxy) is 3. The van der Waals surface area contributed by atoms with Crippen LogP contribution in [0.1, 0.15) is 23.2 Å². The van der Waals surface area contributed by atoms with Gasteiger partial charge in [-0.05, 0) is 37.3 Å². The molecule has 0 atom stereocenters. The van der Waals surface area contributed by atoms with Crippen molar-refractivity contribution in [3.63, 3.8) is 0 Å². The molecule has 2 aromatic carbocycles. The molecule has 11 heteroatoms. The van der Waals surface area contributed by atoms with E-state index in [0.717, 1.165) is 11.8 Å². The summed E-state index contributed by atoms with van der Waals surface area (Å²) in [4.78, 5) is 24.7. The number of hydrogen-bond donors (Lipinski definition) is 2. The number of amides is 2. The minimum atomic E-state index is -0.337. The predicted octanol–water partition coefficient (Wildman–Crippen LogP) is 3.15. The lowest BCUT2D eigenvalue weighted by Gasteiger charge is -2.10. The highest BCUT2D eigenvalue weighted by atomic mass is 32.2. The van der Waals surface area contributed by atoms with Gasteiger partial charge in [0.2, 0.25) is 11.8 Å². The van der Waals surface area contributed by atoms with E-state index in [1.54, 1.807) is 30.3 Å². The van der Waals surface area contributed by atoms with Crippen molar-refractivity contribution in [2.24, 2.45) is 0 Å². The number of methoxy groups -OCH3 is 2. The van der Waals surface area contributed by atoms with Gasteiger partial charge in [0, 0.05) is 5.56 Å². The van der Waals surface area contributed by atoms with Gasteiger partial charge in [-0.3, -0.25) is 9.59 Å². The van der Waals surface area contributed by atoms with Crippen LogP contribution < -0.4 is 24.8 Å². The maximum Gasteiger partial charge on any atom is 0.277 e. The van der Waals surface area contributed by atoms with Gasteiger partial charge in [0.1, 0.15) is 5.75 Å². The lowest BCUT2D eigenvalue weighted by atomic mass is 10.2. The molecule has 1 aromatic heterocycles. The van der Waals surface area contributed by atoms with Crippen LogP contribution >= 0.6 is 11.8 Å². The zero-order chi connectivity index (χ0) is 23.6. The number of nitrogens with one attached hydrogen (secondary N) is 2. The number of hydrogen-bond acceptors (Lipinski definition) is 9. The number of benzene rings is 2. The first-order chi connectivity index (χ1) is 16.0. The Kier molecular flexibility index (Phi) is 8.53. The molecule has 0 bridgehead atoms. The van der Waals surface area contributed by atoms with Crippen molar-refractivity contribution in [1.29, 1.82) is 0 Å². The van der Waals surface area contributed by atoms with Crippen molar-refractivity contribution in [3.8, 4) is 17.2 Å². The van der Waals surface area contributed by atoms with E-state index in [2.05, 4.69) is 20.8 Å². The molecule has 2 N–H and O–H groups in total. The summed E-state index contributed by atoms with van der Waals surface area (Å²) in [6.07, 6.45) is 0.